The van der Waals surface area contributed by atoms with Crippen molar-refractivity contribution >= 4 is 49.2 Å². The number of hydrogen-bond donors (Lipinski definition) is 0. The number of nitrogens with zero attached hydrogens (tertiary/aromatic N) is 2. The fourth-order valence-corrected chi connectivity index (χ4v) is 11.4. The lowest BCUT2D eigenvalue weighted by Crippen LogP contribution is -2.22. The number of fused-ring (bicyclic) bond motifs is 2. The molecule has 4 heteroatoms. The van der Waals surface area contributed by atoms with Gasteiger partial charge in [-0.05, 0) is 73.7 Å². The van der Waals surface area contributed by atoms with Gasteiger partial charge >= 0.3 is 0 Å². The molecule has 38 heavy (non-hydrogen) atoms. The van der Waals surface area contributed by atoms with Crippen LogP contribution in [0.1, 0.15) is 41.5 Å². The zero-order chi connectivity index (χ0) is 26.7. The van der Waals surface area contributed by atoms with E-state index in [1.165, 1.54) is 33.9 Å². The topological polar surface area (TPSA) is 6.48 Å². The first-order chi connectivity index (χ1) is 18.1. The molecule has 0 aliphatic carbocycles. The molecule has 2 atom stereocenters. The molecule has 0 radical (unpaired) electrons. The van der Waals surface area contributed by atoms with Gasteiger partial charge in [-0.25, -0.2) is 0 Å². The fraction of sp³-hybridized carbons (Fsp3) is 0.294. The molecule has 6 rings (SSSR count). The first-order valence-electron chi connectivity index (χ1n) is 13.6. The molecule has 2 aliphatic rings. The molecule has 194 valence electrons. The van der Waals surface area contributed by atoms with Crippen molar-refractivity contribution in [1.82, 2.24) is 0 Å². The van der Waals surface area contributed by atoms with Crippen molar-refractivity contribution in [2.75, 3.05) is 22.4 Å². The summed E-state index contributed by atoms with van der Waals surface area (Å²) in [6.45, 7) is 14.6. The summed E-state index contributed by atoms with van der Waals surface area (Å²) >= 11 is 0. The van der Waals surface area contributed by atoms with E-state index < -0.39 is 15.8 Å². The highest BCUT2D eigenvalue weighted by Gasteiger charge is 2.42. The molecule has 2 aliphatic heterocycles. The zero-order valence-corrected chi connectivity index (χ0v) is 25.2. The van der Waals surface area contributed by atoms with Crippen LogP contribution in [0.2, 0.25) is 0 Å². The summed E-state index contributed by atoms with van der Waals surface area (Å²) in [7, 11) is -0.787. The molecule has 0 N–H and O–H groups in total. The second-order valence-corrected chi connectivity index (χ2v) is 18.2. The Morgan fingerprint density at radius 3 is 1.18 bits per heavy atom. The standard InChI is InChI=1S/C34H38N2P2/c1-33(2,3)37-23-35(25-15-9-7-10-16-25)29-21-13-19-27(31(29)37)28-20-14-22-30-32(28)38(34(4,5)6)24-36(30)26-17-11-8-12-18-26/h7-22H,23-24H2,1-6H3. The van der Waals surface area contributed by atoms with E-state index >= 15 is 0 Å². The number of para-hydroxylation sites is 2. The Labute approximate surface area is 231 Å². The lowest BCUT2D eigenvalue weighted by Gasteiger charge is -2.31. The maximum Gasteiger partial charge on any atom is 0.0499 e. The second-order valence-electron chi connectivity index (χ2n) is 12.4. The first kappa shape index (κ1) is 25.6. The normalized spacial score (nSPS) is 19.0. The Bertz CT molecular complexity index is 1340. The second kappa shape index (κ2) is 9.51. The molecule has 0 bridgehead atoms. The molecule has 0 saturated carbocycles. The Kier molecular flexibility index (Phi) is 6.41. The third-order valence-electron chi connectivity index (χ3n) is 7.76. The predicted octanol–water partition coefficient (Wildman–Crippen LogP) is 9.38. The summed E-state index contributed by atoms with van der Waals surface area (Å²) in [5.74, 6) is 0. The van der Waals surface area contributed by atoms with E-state index in [-0.39, 0.29) is 10.3 Å². The van der Waals surface area contributed by atoms with Gasteiger partial charge in [-0.1, -0.05) is 102 Å². The smallest absolute Gasteiger partial charge is 0.0499 e. The lowest BCUT2D eigenvalue weighted by molar-refractivity contribution is 0.787. The van der Waals surface area contributed by atoms with Crippen LogP contribution < -0.4 is 20.4 Å². The first-order valence-corrected chi connectivity index (χ1v) is 16.7. The number of benzene rings is 4. The Morgan fingerprint density at radius 1 is 0.474 bits per heavy atom. The summed E-state index contributed by atoms with van der Waals surface area (Å²) < 4.78 is 0. The van der Waals surface area contributed by atoms with E-state index in [4.69, 9.17) is 0 Å². The summed E-state index contributed by atoms with van der Waals surface area (Å²) in [5.41, 5.74) is 8.28. The van der Waals surface area contributed by atoms with Gasteiger partial charge in [0, 0.05) is 45.9 Å². The van der Waals surface area contributed by atoms with Crippen LogP contribution in [-0.4, -0.2) is 22.9 Å². The minimum absolute atomic E-state index is 0.215. The lowest BCUT2D eigenvalue weighted by atomic mass is 10.0. The zero-order valence-electron chi connectivity index (χ0n) is 23.4. The van der Waals surface area contributed by atoms with Crippen molar-refractivity contribution in [3.63, 3.8) is 0 Å². The van der Waals surface area contributed by atoms with Gasteiger partial charge in [0.2, 0.25) is 0 Å². The SMILES string of the molecule is CC(C)(C)P1CN(c2ccccc2)c2cccc(-c3cccc4c3P(C(C)(C)C)CN4c3ccccc3)c21. The average Bonchev–Trinajstić information content (AvgIpc) is 3.49. The molecule has 0 amide bonds. The van der Waals surface area contributed by atoms with Gasteiger partial charge in [0.05, 0.1) is 0 Å². The number of hydrogen-bond acceptors (Lipinski definition) is 2. The molecule has 2 heterocycles. The Balaban J connectivity index is 1.58. The van der Waals surface area contributed by atoms with Gasteiger partial charge in [-0.2, -0.15) is 0 Å². The Morgan fingerprint density at radius 2 is 0.842 bits per heavy atom. The van der Waals surface area contributed by atoms with E-state index in [0.29, 0.717) is 0 Å². The quantitative estimate of drug-likeness (QED) is 0.241. The van der Waals surface area contributed by atoms with Gasteiger partial charge in [-0.15, -0.1) is 0 Å². The van der Waals surface area contributed by atoms with Crippen molar-refractivity contribution in [2.45, 2.75) is 51.9 Å². The highest BCUT2D eigenvalue weighted by Crippen LogP contribution is 2.61. The van der Waals surface area contributed by atoms with E-state index in [0.717, 1.165) is 12.6 Å². The summed E-state index contributed by atoms with van der Waals surface area (Å²) in [4.78, 5) is 5.14. The van der Waals surface area contributed by atoms with Crippen LogP contribution in [0.3, 0.4) is 0 Å². The van der Waals surface area contributed by atoms with Crippen molar-refractivity contribution in [2.24, 2.45) is 0 Å². The van der Waals surface area contributed by atoms with E-state index in [9.17, 15) is 0 Å². The van der Waals surface area contributed by atoms with Gasteiger partial charge in [0.25, 0.3) is 0 Å². The molecule has 0 spiro atoms. The van der Waals surface area contributed by atoms with Crippen LogP contribution >= 0.6 is 15.8 Å². The third-order valence-corrected chi connectivity index (χ3v) is 14.2. The van der Waals surface area contributed by atoms with Crippen LogP contribution in [0, 0.1) is 0 Å². The molecular formula is C34H38N2P2. The monoisotopic (exact) mass is 536 g/mol. The van der Waals surface area contributed by atoms with Crippen LogP contribution in [0.25, 0.3) is 11.1 Å². The van der Waals surface area contributed by atoms with E-state index in [1.807, 2.05) is 0 Å². The number of anilines is 4. The summed E-state index contributed by atoms with van der Waals surface area (Å²) in [5, 5.41) is 3.59. The van der Waals surface area contributed by atoms with Crippen LogP contribution in [0.15, 0.2) is 97.1 Å². The highest BCUT2D eigenvalue weighted by molar-refractivity contribution is 7.69. The van der Waals surface area contributed by atoms with Crippen molar-refractivity contribution in [1.29, 1.82) is 0 Å². The molecule has 4 aromatic rings. The minimum atomic E-state index is -0.394. The average molecular weight is 537 g/mol. The highest BCUT2D eigenvalue weighted by atomic mass is 31.1. The molecular weight excluding hydrogens is 498 g/mol. The van der Waals surface area contributed by atoms with Crippen molar-refractivity contribution in [3.8, 4) is 11.1 Å². The van der Waals surface area contributed by atoms with Gasteiger partial charge < -0.3 is 9.80 Å². The summed E-state index contributed by atoms with van der Waals surface area (Å²) in [6.07, 6.45) is 2.16. The predicted molar refractivity (Wildman–Crippen MR) is 171 cm³/mol. The molecule has 4 aromatic carbocycles. The largest absolute Gasteiger partial charge is 0.336 e. The van der Waals surface area contributed by atoms with E-state index in [1.54, 1.807) is 10.6 Å². The molecule has 0 saturated heterocycles. The maximum atomic E-state index is 2.57. The van der Waals surface area contributed by atoms with Crippen molar-refractivity contribution < 1.29 is 0 Å². The van der Waals surface area contributed by atoms with Gasteiger partial charge in [-0.3, -0.25) is 0 Å². The fourth-order valence-electron chi connectivity index (χ4n) is 5.83. The third kappa shape index (κ3) is 4.37. The van der Waals surface area contributed by atoms with Crippen molar-refractivity contribution in [3.05, 3.63) is 97.1 Å². The van der Waals surface area contributed by atoms with Gasteiger partial charge in [0.1, 0.15) is 0 Å². The molecule has 0 aromatic heterocycles. The maximum absolute atomic E-state index is 2.57. The minimum Gasteiger partial charge on any atom is -0.336 e. The molecule has 2 unspecified atom stereocenters. The van der Waals surface area contributed by atoms with Crippen LogP contribution in [0.5, 0.6) is 0 Å². The molecule has 2 nitrogen and oxygen atoms in total. The van der Waals surface area contributed by atoms with Crippen LogP contribution in [-0.2, 0) is 0 Å². The van der Waals surface area contributed by atoms with Gasteiger partial charge in [0.15, 0.2) is 0 Å². The number of rotatable bonds is 3. The summed E-state index contributed by atoms with van der Waals surface area (Å²) in [6, 6.07) is 36.0. The van der Waals surface area contributed by atoms with E-state index in [2.05, 4.69) is 148 Å². The van der Waals surface area contributed by atoms with Crippen LogP contribution in [0.4, 0.5) is 22.7 Å². The Hall–Kier alpha value is -2.66. The molecule has 0 fully saturated rings.